The van der Waals surface area contributed by atoms with Gasteiger partial charge >= 0.3 is 0 Å². The van der Waals surface area contributed by atoms with Gasteiger partial charge in [-0.1, -0.05) is 32.6 Å². The van der Waals surface area contributed by atoms with Crippen molar-refractivity contribution in [3.63, 3.8) is 0 Å². The zero-order chi connectivity index (χ0) is 13.0. The monoisotopic (exact) mass is 252 g/mol. The highest BCUT2D eigenvalue weighted by Gasteiger charge is 2.24. The lowest BCUT2D eigenvalue weighted by molar-refractivity contribution is 0.131. The molecular weight excluding hydrogens is 228 g/mol. The summed E-state index contributed by atoms with van der Waals surface area (Å²) >= 11 is 0. The van der Waals surface area contributed by atoms with E-state index in [0.29, 0.717) is 11.7 Å². The molecule has 1 aliphatic rings. The van der Waals surface area contributed by atoms with Gasteiger partial charge in [0.2, 0.25) is 0 Å². The maximum absolute atomic E-state index is 10.4. The third-order valence-corrected chi connectivity index (χ3v) is 3.85. The van der Waals surface area contributed by atoms with Gasteiger partial charge in [0.05, 0.1) is 19.4 Å². The highest BCUT2D eigenvalue weighted by Crippen LogP contribution is 2.35. The maximum atomic E-state index is 10.4. The van der Waals surface area contributed by atoms with Crippen LogP contribution in [0.3, 0.4) is 0 Å². The number of aromatic nitrogens is 2. The Hall–Kier alpha value is -1.03. The Morgan fingerprint density at radius 1 is 1.50 bits per heavy atom. The van der Waals surface area contributed by atoms with Crippen LogP contribution in [0.5, 0.6) is 5.75 Å². The first kappa shape index (κ1) is 13.4. The summed E-state index contributed by atoms with van der Waals surface area (Å²) in [5, 5.41) is 14.8. The van der Waals surface area contributed by atoms with E-state index in [1.54, 1.807) is 13.3 Å². The molecule has 102 valence electrons. The number of methoxy groups -OCH3 is 1. The first-order chi connectivity index (χ1) is 8.76. The molecule has 4 nitrogen and oxygen atoms in total. The van der Waals surface area contributed by atoms with Crippen molar-refractivity contribution in [3.05, 3.63) is 11.9 Å². The van der Waals surface area contributed by atoms with Crippen molar-refractivity contribution in [3.8, 4) is 5.75 Å². The summed E-state index contributed by atoms with van der Waals surface area (Å²) in [5.74, 6) is 1.38. The minimum absolute atomic E-state index is 0.447. The summed E-state index contributed by atoms with van der Waals surface area (Å²) in [4.78, 5) is 0. The minimum atomic E-state index is -0.447. The summed E-state index contributed by atoms with van der Waals surface area (Å²) < 4.78 is 7.20. The quantitative estimate of drug-likeness (QED) is 0.846. The van der Waals surface area contributed by atoms with E-state index in [9.17, 15) is 5.11 Å². The highest BCUT2D eigenvalue weighted by molar-refractivity contribution is 5.27. The molecular formula is C14H24N2O2. The van der Waals surface area contributed by atoms with Gasteiger partial charge in [-0.15, -0.1) is 0 Å². The summed E-state index contributed by atoms with van der Waals surface area (Å²) in [6.45, 7) is 2.95. The second-order valence-corrected chi connectivity index (χ2v) is 5.22. The average Bonchev–Trinajstić information content (AvgIpc) is 2.98. The van der Waals surface area contributed by atoms with E-state index in [-0.39, 0.29) is 0 Å². The molecule has 0 amide bonds. The second-order valence-electron chi connectivity index (χ2n) is 5.22. The Balaban J connectivity index is 2.10. The van der Waals surface area contributed by atoms with Gasteiger partial charge in [0.1, 0.15) is 5.69 Å². The van der Waals surface area contributed by atoms with Gasteiger partial charge in [-0.2, -0.15) is 5.10 Å². The molecule has 0 saturated heterocycles. The van der Waals surface area contributed by atoms with Crippen LogP contribution >= 0.6 is 0 Å². The third kappa shape index (κ3) is 2.86. The molecule has 4 heteroatoms. The summed E-state index contributed by atoms with van der Waals surface area (Å²) in [7, 11) is 1.64. The fourth-order valence-electron chi connectivity index (χ4n) is 2.93. The maximum Gasteiger partial charge on any atom is 0.162 e. The molecule has 1 unspecified atom stereocenters. The average molecular weight is 252 g/mol. The van der Waals surface area contributed by atoms with E-state index < -0.39 is 6.10 Å². The van der Waals surface area contributed by atoms with Crippen molar-refractivity contribution in [1.29, 1.82) is 0 Å². The molecule has 2 rings (SSSR count). The van der Waals surface area contributed by atoms with Crippen LogP contribution in [0.15, 0.2) is 6.20 Å². The number of hydrogen-bond acceptors (Lipinski definition) is 3. The number of aliphatic hydroxyl groups excluding tert-OH is 1. The first-order valence-electron chi connectivity index (χ1n) is 7.04. The molecule has 0 aromatic carbocycles. The van der Waals surface area contributed by atoms with E-state index in [1.807, 2.05) is 4.68 Å². The van der Waals surface area contributed by atoms with Gasteiger partial charge < -0.3 is 9.84 Å². The third-order valence-electron chi connectivity index (χ3n) is 3.85. The Morgan fingerprint density at radius 2 is 2.22 bits per heavy atom. The van der Waals surface area contributed by atoms with Crippen LogP contribution in [0.2, 0.25) is 0 Å². The number of aliphatic hydroxyl groups is 1. The van der Waals surface area contributed by atoms with Crippen molar-refractivity contribution in [2.45, 2.75) is 58.1 Å². The molecule has 1 fully saturated rings. The number of ether oxygens (including phenoxy) is 1. The Labute approximate surface area is 109 Å². The molecule has 1 saturated carbocycles. The minimum Gasteiger partial charge on any atom is -0.493 e. The smallest absolute Gasteiger partial charge is 0.162 e. The fourth-order valence-corrected chi connectivity index (χ4v) is 2.93. The lowest BCUT2D eigenvalue weighted by Gasteiger charge is -2.18. The predicted molar refractivity (Wildman–Crippen MR) is 70.6 cm³/mol. The molecule has 0 radical (unpaired) electrons. The van der Waals surface area contributed by atoms with Crippen LogP contribution in [0.25, 0.3) is 0 Å². The van der Waals surface area contributed by atoms with Gasteiger partial charge in [0, 0.05) is 6.54 Å². The number of nitrogens with zero attached hydrogens (tertiary/aromatic N) is 2. The Kier molecular flexibility index (Phi) is 4.64. The number of aryl methyl sites for hydroxylation is 1. The van der Waals surface area contributed by atoms with Crippen LogP contribution in [0.1, 0.15) is 57.2 Å². The van der Waals surface area contributed by atoms with Crippen LogP contribution < -0.4 is 4.74 Å². The van der Waals surface area contributed by atoms with E-state index >= 15 is 0 Å². The topological polar surface area (TPSA) is 47.3 Å². The molecule has 1 aliphatic carbocycles. The lowest BCUT2D eigenvalue weighted by atomic mass is 9.98. The van der Waals surface area contributed by atoms with Crippen molar-refractivity contribution >= 4 is 0 Å². The second kappa shape index (κ2) is 6.23. The molecule has 1 atom stereocenters. The lowest BCUT2D eigenvalue weighted by Crippen LogP contribution is -2.12. The normalized spacial score (nSPS) is 18.2. The van der Waals surface area contributed by atoms with Gasteiger partial charge in [-0.05, 0) is 18.8 Å². The zero-order valence-electron chi connectivity index (χ0n) is 11.4. The molecule has 0 bridgehead atoms. The van der Waals surface area contributed by atoms with Gasteiger partial charge in [0.25, 0.3) is 0 Å². The fraction of sp³-hybridized carbons (Fsp3) is 0.786. The van der Waals surface area contributed by atoms with Gasteiger partial charge in [0.15, 0.2) is 5.75 Å². The van der Waals surface area contributed by atoms with Gasteiger partial charge in [-0.25, -0.2) is 0 Å². The van der Waals surface area contributed by atoms with Crippen molar-refractivity contribution in [2.75, 3.05) is 7.11 Å². The van der Waals surface area contributed by atoms with Crippen molar-refractivity contribution < 1.29 is 9.84 Å². The van der Waals surface area contributed by atoms with Crippen LogP contribution in [-0.4, -0.2) is 22.0 Å². The first-order valence-corrected chi connectivity index (χ1v) is 7.04. The Morgan fingerprint density at radius 3 is 2.83 bits per heavy atom. The van der Waals surface area contributed by atoms with E-state index in [4.69, 9.17) is 4.74 Å². The summed E-state index contributed by atoms with van der Waals surface area (Å²) in [6, 6.07) is 0. The molecule has 1 aromatic heterocycles. The zero-order valence-corrected chi connectivity index (χ0v) is 11.4. The molecule has 18 heavy (non-hydrogen) atoms. The predicted octanol–water partition coefficient (Wildman–Crippen LogP) is 2.92. The van der Waals surface area contributed by atoms with Crippen LogP contribution in [-0.2, 0) is 6.54 Å². The molecule has 0 aliphatic heterocycles. The summed E-state index contributed by atoms with van der Waals surface area (Å²) in [6.07, 6.45) is 8.23. The van der Waals surface area contributed by atoms with E-state index in [1.165, 1.54) is 25.7 Å². The largest absolute Gasteiger partial charge is 0.493 e. The van der Waals surface area contributed by atoms with E-state index in [0.717, 1.165) is 25.1 Å². The molecule has 1 heterocycles. The number of rotatable bonds is 6. The molecule has 0 spiro atoms. The SMILES string of the molecule is CCCn1ncc(OC)c1C(O)CC1CCCC1. The molecule has 1 N–H and O–H groups in total. The van der Waals surface area contributed by atoms with Crippen molar-refractivity contribution in [1.82, 2.24) is 9.78 Å². The highest BCUT2D eigenvalue weighted by atomic mass is 16.5. The van der Waals surface area contributed by atoms with Crippen LogP contribution in [0, 0.1) is 5.92 Å². The summed E-state index contributed by atoms with van der Waals surface area (Å²) in [5.41, 5.74) is 0.853. The number of hydrogen-bond donors (Lipinski definition) is 1. The van der Waals surface area contributed by atoms with Crippen LogP contribution in [0.4, 0.5) is 0 Å². The van der Waals surface area contributed by atoms with Crippen molar-refractivity contribution in [2.24, 2.45) is 5.92 Å². The molecule has 1 aromatic rings. The van der Waals surface area contributed by atoms with Gasteiger partial charge in [-0.3, -0.25) is 4.68 Å². The standard InChI is InChI=1S/C14H24N2O2/c1-3-8-16-14(13(18-2)10-15-16)12(17)9-11-6-4-5-7-11/h10-12,17H,3-9H2,1-2H3. The Bertz CT molecular complexity index is 370. The van der Waals surface area contributed by atoms with E-state index in [2.05, 4.69) is 12.0 Å².